The summed E-state index contributed by atoms with van der Waals surface area (Å²) in [5.41, 5.74) is 7.54. The largest absolute Gasteiger partial charge is 0.494 e. The molecule has 4 nitrogen and oxygen atoms in total. The minimum absolute atomic E-state index is 0.420. The maximum Gasteiger partial charge on any atom is 0.120 e. The molecule has 2 N–H and O–H groups in total. The molecule has 0 bridgehead atoms. The predicted octanol–water partition coefficient (Wildman–Crippen LogP) is 2.91. The molecule has 0 aliphatic heterocycles. The fourth-order valence-electron chi connectivity index (χ4n) is 1.80. The van der Waals surface area contributed by atoms with Crippen molar-refractivity contribution >= 4 is 0 Å². The first-order chi connectivity index (χ1) is 9.83. The van der Waals surface area contributed by atoms with Crippen LogP contribution in [0.2, 0.25) is 0 Å². The number of benzene rings is 1. The van der Waals surface area contributed by atoms with Gasteiger partial charge in [-0.25, -0.2) is 0 Å². The van der Waals surface area contributed by atoms with E-state index in [1.165, 1.54) is 0 Å². The lowest BCUT2D eigenvalue weighted by molar-refractivity contribution is 0.300. The molecule has 0 atom stereocenters. The summed E-state index contributed by atoms with van der Waals surface area (Å²) in [7, 11) is 0. The van der Waals surface area contributed by atoms with Crippen LogP contribution in [0, 0.1) is 0 Å². The zero-order valence-electron chi connectivity index (χ0n) is 11.7. The average molecular weight is 272 g/mol. The van der Waals surface area contributed by atoms with Crippen LogP contribution in [0.5, 0.6) is 11.5 Å². The minimum atomic E-state index is 0.420. The Kier molecular flexibility index (Phi) is 5.38. The average Bonchev–Trinajstić information content (AvgIpc) is 2.52. The minimum Gasteiger partial charge on any atom is -0.494 e. The molecule has 2 rings (SSSR count). The van der Waals surface area contributed by atoms with Crippen LogP contribution in [0.3, 0.4) is 0 Å². The first-order valence-corrected chi connectivity index (χ1v) is 6.82. The van der Waals surface area contributed by atoms with Crippen LogP contribution in [0.4, 0.5) is 0 Å². The van der Waals surface area contributed by atoms with Crippen LogP contribution < -0.4 is 15.2 Å². The molecule has 0 amide bonds. The van der Waals surface area contributed by atoms with Crippen LogP contribution >= 0.6 is 0 Å². The van der Waals surface area contributed by atoms with Crippen molar-refractivity contribution in [2.75, 3.05) is 6.61 Å². The van der Waals surface area contributed by atoms with E-state index in [0.29, 0.717) is 13.2 Å². The molecule has 0 spiro atoms. The van der Waals surface area contributed by atoms with E-state index in [2.05, 4.69) is 11.9 Å². The van der Waals surface area contributed by atoms with Gasteiger partial charge in [0.15, 0.2) is 0 Å². The van der Waals surface area contributed by atoms with Gasteiger partial charge in [-0.05, 0) is 36.8 Å². The second-order valence-corrected chi connectivity index (χ2v) is 4.42. The van der Waals surface area contributed by atoms with Gasteiger partial charge in [-0.2, -0.15) is 0 Å². The van der Waals surface area contributed by atoms with Gasteiger partial charge in [-0.15, -0.1) is 0 Å². The highest BCUT2D eigenvalue weighted by Crippen LogP contribution is 2.19. The molecule has 0 saturated carbocycles. The zero-order chi connectivity index (χ0) is 14.2. The highest BCUT2D eigenvalue weighted by molar-refractivity contribution is 5.31. The van der Waals surface area contributed by atoms with Gasteiger partial charge >= 0.3 is 0 Å². The smallest absolute Gasteiger partial charge is 0.120 e. The molecule has 1 aromatic carbocycles. The van der Waals surface area contributed by atoms with E-state index in [1.54, 1.807) is 6.20 Å². The Bertz CT molecular complexity index is 526. The molecule has 106 valence electrons. The summed E-state index contributed by atoms with van der Waals surface area (Å²) in [4.78, 5) is 4.23. The molecule has 1 aromatic heterocycles. The maximum atomic E-state index is 5.74. The number of rotatable bonds is 7. The SMILES string of the molecule is CCCOc1ccc(OCc2cccnc2CN)cc1. The summed E-state index contributed by atoms with van der Waals surface area (Å²) in [5.74, 6) is 1.67. The number of hydrogen-bond donors (Lipinski definition) is 1. The van der Waals surface area contributed by atoms with E-state index in [0.717, 1.165) is 35.8 Å². The molecule has 0 aliphatic carbocycles. The molecular formula is C16H20N2O2. The van der Waals surface area contributed by atoms with Crippen molar-refractivity contribution in [3.63, 3.8) is 0 Å². The molecule has 0 saturated heterocycles. The third kappa shape index (κ3) is 3.96. The number of hydrogen-bond acceptors (Lipinski definition) is 4. The third-order valence-corrected chi connectivity index (χ3v) is 2.87. The van der Waals surface area contributed by atoms with Gasteiger partial charge in [0.1, 0.15) is 18.1 Å². The Labute approximate surface area is 119 Å². The van der Waals surface area contributed by atoms with Gasteiger partial charge in [0.25, 0.3) is 0 Å². The summed E-state index contributed by atoms with van der Waals surface area (Å²) >= 11 is 0. The van der Waals surface area contributed by atoms with E-state index >= 15 is 0 Å². The molecule has 0 fully saturated rings. The Hall–Kier alpha value is -2.07. The zero-order valence-corrected chi connectivity index (χ0v) is 11.7. The Morgan fingerprint density at radius 3 is 2.40 bits per heavy atom. The van der Waals surface area contributed by atoms with Crippen molar-refractivity contribution in [2.45, 2.75) is 26.5 Å². The summed E-state index contributed by atoms with van der Waals surface area (Å²) in [6.45, 7) is 3.70. The molecule has 20 heavy (non-hydrogen) atoms. The lowest BCUT2D eigenvalue weighted by atomic mass is 10.2. The Balaban J connectivity index is 1.93. The van der Waals surface area contributed by atoms with E-state index in [4.69, 9.17) is 15.2 Å². The fraction of sp³-hybridized carbons (Fsp3) is 0.312. The second-order valence-electron chi connectivity index (χ2n) is 4.42. The summed E-state index contributed by atoms with van der Waals surface area (Å²) in [6.07, 6.45) is 2.74. The lowest BCUT2D eigenvalue weighted by Gasteiger charge is -2.10. The van der Waals surface area contributed by atoms with Crippen molar-refractivity contribution in [2.24, 2.45) is 5.73 Å². The van der Waals surface area contributed by atoms with Gasteiger partial charge in [0, 0.05) is 18.3 Å². The third-order valence-electron chi connectivity index (χ3n) is 2.87. The molecule has 0 radical (unpaired) electrons. The van der Waals surface area contributed by atoms with Crippen LogP contribution in [-0.2, 0) is 13.2 Å². The van der Waals surface area contributed by atoms with Crippen LogP contribution in [0.25, 0.3) is 0 Å². The van der Waals surface area contributed by atoms with Gasteiger partial charge in [-0.3, -0.25) is 4.98 Å². The lowest BCUT2D eigenvalue weighted by Crippen LogP contribution is -2.06. The summed E-state index contributed by atoms with van der Waals surface area (Å²) in [5, 5.41) is 0. The fourth-order valence-corrected chi connectivity index (χ4v) is 1.80. The van der Waals surface area contributed by atoms with Gasteiger partial charge in [0.2, 0.25) is 0 Å². The van der Waals surface area contributed by atoms with Gasteiger partial charge in [0.05, 0.1) is 12.3 Å². The number of pyridine rings is 1. The summed E-state index contributed by atoms with van der Waals surface area (Å²) < 4.78 is 11.3. The van der Waals surface area contributed by atoms with Crippen molar-refractivity contribution in [1.29, 1.82) is 0 Å². The first kappa shape index (κ1) is 14.3. The van der Waals surface area contributed by atoms with E-state index in [1.807, 2.05) is 36.4 Å². The normalized spacial score (nSPS) is 10.3. The number of nitrogens with two attached hydrogens (primary N) is 1. The van der Waals surface area contributed by atoms with Crippen molar-refractivity contribution in [3.05, 3.63) is 53.9 Å². The molecule has 2 aromatic rings. The number of aromatic nitrogens is 1. The topological polar surface area (TPSA) is 57.4 Å². The predicted molar refractivity (Wildman–Crippen MR) is 78.7 cm³/mol. The summed E-state index contributed by atoms with van der Waals surface area (Å²) in [6, 6.07) is 11.5. The number of ether oxygens (including phenoxy) is 2. The van der Waals surface area contributed by atoms with Gasteiger partial charge < -0.3 is 15.2 Å². The first-order valence-electron chi connectivity index (χ1n) is 6.82. The molecular weight excluding hydrogens is 252 g/mol. The molecule has 1 heterocycles. The maximum absolute atomic E-state index is 5.74. The Morgan fingerprint density at radius 1 is 1.05 bits per heavy atom. The highest BCUT2D eigenvalue weighted by atomic mass is 16.5. The van der Waals surface area contributed by atoms with Crippen molar-refractivity contribution in [3.8, 4) is 11.5 Å². The number of nitrogens with zero attached hydrogens (tertiary/aromatic N) is 1. The van der Waals surface area contributed by atoms with Gasteiger partial charge in [-0.1, -0.05) is 13.0 Å². The second kappa shape index (κ2) is 7.50. The van der Waals surface area contributed by atoms with Crippen LogP contribution in [0.15, 0.2) is 42.6 Å². The monoisotopic (exact) mass is 272 g/mol. The van der Waals surface area contributed by atoms with Crippen molar-refractivity contribution < 1.29 is 9.47 Å². The standard InChI is InChI=1S/C16H20N2O2/c1-2-10-19-14-5-7-15(8-6-14)20-12-13-4-3-9-18-16(13)11-17/h3-9H,2,10-12,17H2,1H3. The van der Waals surface area contributed by atoms with E-state index in [-0.39, 0.29) is 0 Å². The quantitative estimate of drug-likeness (QED) is 0.842. The van der Waals surface area contributed by atoms with E-state index < -0.39 is 0 Å². The molecule has 0 unspecified atom stereocenters. The van der Waals surface area contributed by atoms with Crippen LogP contribution in [0.1, 0.15) is 24.6 Å². The van der Waals surface area contributed by atoms with E-state index in [9.17, 15) is 0 Å². The highest BCUT2D eigenvalue weighted by Gasteiger charge is 2.03. The van der Waals surface area contributed by atoms with Crippen LogP contribution in [-0.4, -0.2) is 11.6 Å². The molecule has 4 heteroatoms. The van der Waals surface area contributed by atoms with Crippen molar-refractivity contribution in [1.82, 2.24) is 4.98 Å². The molecule has 0 aliphatic rings. The Morgan fingerprint density at radius 2 is 1.75 bits per heavy atom.